The molecule has 4 aliphatic rings. The topological polar surface area (TPSA) is 72.7 Å². The molecule has 1 N–H and O–H groups in total. The van der Waals surface area contributed by atoms with Gasteiger partial charge in [-0.15, -0.1) is 5.10 Å². The number of hydrogen-bond donors (Lipinski definition) is 1. The number of benzene rings is 1. The van der Waals surface area contributed by atoms with Gasteiger partial charge in [0.15, 0.2) is 0 Å². The molecule has 0 saturated heterocycles. The lowest BCUT2D eigenvalue weighted by molar-refractivity contribution is -0.120. The second kappa shape index (κ2) is 7.34. The Labute approximate surface area is 173 Å². The van der Waals surface area contributed by atoms with Crippen LogP contribution in [0.1, 0.15) is 38.5 Å². The Morgan fingerprint density at radius 2 is 1.93 bits per heavy atom. The van der Waals surface area contributed by atoms with Gasteiger partial charge in [0.05, 0.1) is 11.4 Å². The number of aromatic nitrogens is 4. The Kier molecular flexibility index (Phi) is 4.83. The molecule has 4 aliphatic carbocycles. The van der Waals surface area contributed by atoms with Gasteiger partial charge in [-0.05, 0) is 90.3 Å². The van der Waals surface area contributed by atoms with E-state index in [0.29, 0.717) is 21.3 Å². The molecule has 8 heteroatoms. The summed E-state index contributed by atoms with van der Waals surface area (Å²) in [4.78, 5) is 12.5. The summed E-state index contributed by atoms with van der Waals surface area (Å²) in [5.74, 6) is 3.08. The summed E-state index contributed by atoms with van der Waals surface area (Å²) in [6.07, 6.45) is 8.19. The number of rotatable bonds is 6. The first kappa shape index (κ1) is 18.4. The fraction of sp³-hybridized carbons (Fsp3) is 0.600. The number of hydrogen-bond acceptors (Lipinski definition) is 5. The smallest absolute Gasteiger partial charge is 0.230 e. The van der Waals surface area contributed by atoms with Gasteiger partial charge in [0.25, 0.3) is 0 Å². The van der Waals surface area contributed by atoms with Crippen LogP contribution in [0.4, 0.5) is 0 Å². The van der Waals surface area contributed by atoms with Crippen LogP contribution in [0, 0.1) is 23.2 Å². The van der Waals surface area contributed by atoms with Crippen molar-refractivity contribution < 1.29 is 4.79 Å². The summed E-state index contributed by atoms with van der Waals surface area (Å²) < 4.78 is 1.61. The Bertz CT molecular complexity index is 850. The molecule has 0 radical (unpaired) electrons. The van der Waals surface area contributed by atoms with Crippen LogP contribution in [-0.4, -0.2) is 38.4 Å². The summed E-state index contributed by atoms with van der Waals surface area (Å²) in [6, 6.07) is 7.35. The molecule has 1 amide bonds. The molecule has 1 aromatic carbocycles. The van der Waals surface area contributed by atoms with E-state index in [1.807, 2.05) is 12.1 Å². The van der Waals surface area contributed by atoms with Crippen molar-refractivity contribution in [2.75, 3.05) is 12.3 Å². The van der Waals surface area contributed by atoms with Crippen molar-refractivity contribution in [3.63, 3.8) is 0 Å². The molecule has 0 aliphatic heterocycles. The molecule has 148 valence electrons. The Hall–Kier alpha value is -1.60. The minimum absolute atomic E-state index is 0.0568. The fourth-order valence-electron chi connectivity index (χ4n) is 6.01. The number of tetrazole rings is 1. The van der Waals surface area contributed by atoms with E-state index in [9.17, 15) is 4.79 Å². The predicted molar refractivity (Wildman–Crippen MR) is 109 cm³/mol. The second-order valence-corrected chi connectivity index (χ2v) is 10.2. The zero-order valence-electron chi connectivity index (χ0n) is 15.7. The monoisotopic (exact) mass is 417 g/mol. The number of carbonyl (C=O) groups excluding carboxylic acids is 1. The van der Waals surface area contributed by atoms with E-state index in [1.165, 1.54) is 50.3 Å². The molecule has 4 bridgehead atoms. The van der Waals surface area contributed by atoms with Gasteiger partial charge in [0.1, 0.15) is 0 Å². The zero-order valence-corrected chi connectivity index (χ0v) is 17.3. The molecular weight excluding hydrogens is 394 g/mol. The molecule has 0 atom stereocenters. The first-order valence-electron chi connectivity index (χ1n) is 10.0. The SMILES string of the molecule is O=C(CSc1nnnn1-c1cccc(Cl)c1)NCC12CC3CC(CC(C3)C1)C2. The lowest BCUT2D eigenvalue weighted by Gasteiger charge is -2.56. The number of carbonyl (C=O) groups is 1. The average molecular weight is 418 g/mol. The summed E-state index contributed by atoms with van der Waals surface area (Å²) in [5, 5.41) is 16.2. The van der Waals surface area contributed by atoms with Crippen LogP contribution in [0.25, 0.3) is 5.69 Å². The predicted octanol–water partition coefficient (Wildman–Crippen LogP) is 3.74. The molecule has 1 aromatic heterocycles. The third-order valence-electron chi connectivity index (χ3n) is 6.65. The highest BCUT2D eigenvalue weighted by Gasteiger charge is 2.50. The lowest BCUT2D eigenvalue weighted by Crippen LogP contribution is -2.51. The van der Waals surface area contributed by atoms with Gasteiger partial charge in [-0.3, -0.25) is 4.79 Å². The van der Waals surface area contributed by atoms with Crippen LogP contribution < -0.4 is 5.32 Å². The number of amides is 1. The van der Waals surface area contributed by atoms with Crippen LogP contribution in [0.5, 0.6) is 0 Å². The first-order chi connectivity index (χ1) is 13.6. The highest BCUT2D eigenvalue weighted by molar-refractivity contribution is 7.99. The maximum Gasteiger partial charge on any atom is 0.230 e. The van der Waals surface area contributed by atoms with Gasteiger partial charge in [-0.2, -0.15) is 4.68 Å². The number of halogens is 1. The van der Waals surface area contributed by atoms with Crippen molar-refractivity contribution in [3.8, 4) is 5.69 Å². The molecule has 1 heterocycles. The molecule has 28 heavy (non-hydrogen) atoms. The highest BCUT2D eigenvalue weighted by atomic mass is 35.5. The molecular formula is C20H24ClN5OS. The summed E-state index contributed by atoms with van der Waals surface area (Å²) >= 11 is 7.41. The maximum atomic E-state index is 12.5. The Morgan fingerprint density at radius 1 is 1.21 bits per heavy atom. The third kappa shape index (κ3) is 3.66. The largest absolute Gasteiger partial charge is 0.355 e. The third-order valence-corrected chi connectivity index (χ3v) is 7.81. The van der Waals surface area contributed by atoms with Crippen molar-refractivity contribution >= 4 is 29.3 Å². The number of nitrogens with zero attached hydrogens (tertiary/aromatic N) is 4. The van der Waals surface area contributed by atoms with E-state index in [0.717, 1.165) is 30.0 Å². The van der Waals surface area contributed by atoms with Gasteiger partial charge in [-0.25, -0.2) is 0 Å². The number of thioether (sulfide) groups is 1. The summed E-state index contributed by atoms with van der Waals surface area (Å²) in [7, 11) is 0. The van der Waals surface area contributed by atoms with Crippen LogP contribution >= 0.6 is 23.4 Å². The molecule has 6 nitrogen and oxygen atoms in total. The van der Waals surface area contributed by atoms with Crippen LogP contribution in [-0.2, 0) is 4.79 Å². The van der Waals surface area contributed by atoms with Crippen molar-refractivity contribution in [3.05, 3.63) is 29.3 Å². The van der Waals surface area contributed by atoms with E-state index < -0.39 is 0 Å². The molecule has 4 saturated carbocycles. The van der Waals surface area contributed by atoms with Crippen molar-refractivity contribution in [1.82, 2.24) is 25.5 Å². The molecule has 0 unspecified atom stereocenters. The number of nitrogens with one attached hydrogen (secondary N) is 1. The minimum atomic E-state index is 0.0568. The van der Waals surface area contributed by atoms with E-state index in [2.05, 4.69) is 20.8 Å². The van der Waals surface area contributed by atoms with E-state index in [-0.39, 0.29) is 5.91 Å². The molecule has 4 fully saturated rings. The molecule has 6 rings (SSSR count). The highest BCUT2D eigenvalue weighted by Crippen LogP contribution is 2.59. The van der Waals surface area contributed by atoms with Crippen LogP contribution in [0.15, 0.2) is 29.4 Å². The van der Waals surface area contributed by atoms with Crippen molar-refractivity contribution in [2.24, 2.45) is 23.2 Å². The molecule has 2 aromatic rings. The first-order valence-corrected chi connectivity index (χ1v) is 11.4. The minimum Gasteiger partial charge on any atom is -0.355 e. The van der Waals surface area contributed by atoms with E-state index in [1.54, 1.807) is 16.8 Å². The van der Waals surface area contributed by atoms with Gasteiger partial charge in [0.2, 0.25) is 11.1 Å². The van der Waals surface area contributed by atoms with Crippen LogP contribution in [0.3, 0.4) is 0 Å². The maximum absolute atomic E-state index is 12.5. The van der Waals surface area contributed by atoms with E-state index >= 15 is 0 Å². The van der Waals surface area contributed by atoms with Gasteiger partial charge < -0.3 is 5.32 Å². The Morgan fingerprint density at radius 3 is 2.61 bits per heavy atom. The van der Waals surface area contributed by atoms with Gasteiger partial charge in [0, 0.05) is 11.6 Å². The zero-order chi connectivity index (χ0) is 19.1. The molecule has 0 spiro atoms. The van der Waals surface area contributed by atoms with E-state index in [4.69, 9.17) is 11.6 Å². The standard InChI is InChI=1S/C20H24ClN5OS/c21-16-2-1-3-17(7-16)26-19(23-24-25-26)28-11-18(27)22-12-20-8-13-4-14(9-20)6-15(5-13)10-20/h1-3,7,13-15H,4-6,8-12H2,(H,22,27). The van der Waals surface area contributed by atoms with Gasteiger partial charge >= 0.3 is 0 Å². The normalized spacial score (nSPS) is 30.5. The average Bonchev–Trinajstić information content (AvgIpc) is 3.12. The quantitative estimate of drug-likeness (QED) is 0.725. The van der Waals surface area contributed by atoms with Crippen molar-refractivity contribution in [1.29, 1.82) is 0 Å². The van der Waals surface area contributed by atoms with Gasteiger partial charge in [-0.1, -0.05) is 29.4 Å². The second-order valence-electron chi connectivity index (χ2n) is 8.84. The lowest BCUT2D eigenvalue weighted by atomic mass is 9.49. The van der Waals surface area contributed by atoms with Crippen molar-refractivity contribution in [2.45, 2.75) is 43.7 Å². The van der Waals surface area contributed by atoms with Crippen LogP contribution in [0.2, 0.25) is 5.02 Å². The summed E-state index contributed by atoms with van der Waals surface area (Å²) in [6.45, 7) is 0.828. The fourth-order valence-corrected chi connectivity index (χ4v) is 6.92. The Balaban J connectivity index is 1.17. The summed E-state index contributed by atoms with van der Waals surface area (Å²) in [5.41, 5.74) is 1.14.